The fourth-order valence-corrected chi connectivity index (χ4v) is 3.84. The lowest BCUT2D eigenvalue weighted by molar-refractivity contribution is 0.295. The second kappa shape index (κ2) is 13.8. The molecule has 0 heterocycles. The Morgan fingerprint density at radius 3 is 2.32 bits per heavy atom. The number of methoxy groups -OCH3 is 1. The van der Waals surface area contributed by atoms with Crippen LogP contribution in [0.5, 0.6) is 5.75 Å². The summed E-state index contributed by atoms with van der Waals surface area (Å²) in [5, 5.41) is 7.62. The van der Waals surface area contributed by atoms with E-state index in [0.717, 1.165) is 25.1 Å². The van der Waals surface area contributed by atoms with Gasteiger partial charge < -0.3 is 4.74 Å². The van der Waals surface area contributed by atoms with Crippen LogP contribution in [-0.4, -0.2) is 19.3 Å². The van der Waals surface area contributed by atoms with Crippen molar-refractivity contribution in [1.29, 1.82) is 0 Å². The zero-order valence-corrected chi connectivity index (χ0v) is 18.4. The first-order chi connectivity index (χ1) is 12.8. The predicted octanol–water partition coefficient (Wildman–Crippen LogP) is 5.51. The molecule has 0 aromatic heterocycles. The summed E-state index contributed by atoms with van der Waals surface area (Å²) in [6.45, 7) is 0.823. The van der Waals surface area contributed by atoms with Gasteiger partial charge in [0.1, 0.15) is 5.75 Å². The van der Waals surface area contributed by atoms with Crippen LogP contribution < -0.4 is 15.4 Å². The van der Waals surface area contributed by atoms with Crippen LogP contribution in [0.15, 0.2) is 54.6 Å². The first-order valence-corrected chi connectivity index (χ1v) is 10.0. The number of nitrogens with one attached hydrogen (secondary N) is 2. The number of para-hydroxylation sites is 1. The summed E-state index contributed by atoms with van der Waals surface area (Å²) in [5.41, 5.74) is 2.62. The van der Waals surface area contributed by atoms with Gasteiger partial charge in [-0.3, -0.25) is 10.6 Å². The maximum Gasteiger partial charge on any atom is 0.123 e. The van der Waals surface area contributed by atoms with Gasteiger partial charge in [-0.2, -0.15) is 0 Å². The number of aryl methyl sites for hydroxylation is 1. The van der Waals surface area contributed by atoms with Gasteiger partial charge in [-0.15, -0.1) is 24.8 Å². The van der Waals surface area contributed by atoms with E-state index in [0.29, 0.717) is 12.2 Å². The summed E-state index contributed by atoms with van der Waals surface area (Å²) < 4.78 is 5.50. The Bertz CT molecular complexity index is 648. The van der Waals surface area contributed by atoms with Crippen LogP contribution in [0.4, 0.5) is 0 Å². The van der Waals surface area contributed by atoms with E-state index in [1.54, 1.807) is 7.11 Å². The highest BCUT2D eigenvalue weighted by atomic mass is 35.5. The van der Waals surface area contributed by atoms with Crippen LogP contribution >= 0.6 is 24.8 Å². The zero-order valence-electron chi connectivity index (χ0n) is 16.7. The highest BCUT2D eigenvalue weighted by Crippen LogP contribution is 2.20. The van der Waals surface area contributed by atoms with E-state index in [9.17, 15) is 0 Å². The van der Waals surface area contributed by atoms with Gasteiger partial charge in [-0.05, 0) is 37.3 Å². The third kappa shape index (κ3) is 8.00. The number of ether oxygens (including phenoxy) is 1. The second-order valence-corrected chi connectivity index (χ2v) is 7.27. The average Bonchev–Trinajstić information content (AvgIpc) is 2.71. The number of halogens is 2. The summed E-state index contributed by atoms with van der Waals surface area (Å²) in [6.07, 6.45) is 9.21. The van der Waals surface area contributed by atoms with Gasteiger partial charge in [0.15, 0.2) is 0 Å². The Hall–Kier alpha value is -1.26. The number of hydrogen-bond donors (Lipinski definition) is 2. The van der Waals surface area contributed by atoms with Crippen molar-refractivity contribution in [2.45, 2.75) is 63.7 Å². The normalized spacial score (nSPS) is 15.2. The average molecular weight is 425 g/mol. The van der Waals surface area contributed by atoms with Crippen molar-refractivity contribution in [1.82, 2.24) is 10.6 Å². The molecule has 2 aromatic rings. The van der Waals surface area contributed by atoms with E-state index >= 15 is 0 Å². The molecule has 2 N–H and O–H groups in total. The number of benzene rings is 2. The summed E-state index contributed by atoms with van der Waals surface area (Å²) in [5.74, 6) is 0.958. The summed E-state index contributed by atoms with van der Waals surface area (Å²) in [4.78, 5) is 0. The van der Waals surface area contributed by atoms with Crippen molar-refractivity contribution < 1.29 is 4.74 Å². The van der Waals surface area contributed by atoms with Crippen molar-refractivity contribution in [3.8, 4) is 5.75 Å². The SMILES string of the molecule is COc1ccccc1CN[C@H](CCc1ccccc1)NC1CCCCC1.Cl.Cl. The first kappa shape index (κ1) is 24.8. The lowest BCUT2D eigenvalue weighted by Crippen LogP contribution is -2.48. The Balaban J connectivity index is 0.00000196. The van der Waals surface area contributed by atoms with Gasteiger partial charge in [-0.25, -0.2) is 0 Å². The molecule has 1 aliphatic rings. The Morgan fingerprint density at radius 1 is 0.929 bits per heavy atom. The number of rotatable bonds is 9. The van der Waals surface area contributed by atoms with E-state index in [-0.39, 0.29) is 24.8 Å². The molecule has 1 atom stereocenters. The van der Waals surface area contributed by atoms with Crippen LogP contribution in [0.2, 0.25) is 0 Å². The van der Waals surface area contributed by atoms with Gasteiger partial charge in [0, 0.05) is 18.2 Å². The standard InChI is InChI=1S/C23H32N2O.2ClH/c1-26-22-15-9-8-12-20(22)18-24-23(25-21-13-6-3-7-14-21)17-16-19-10-4-2-5-11-19;;/h2,4-5,8-12,15,21,23-25H,3,6-7,13-14,16-18H2,1H3;2*1H/t23-;;/m0../s1. The van der Waals surface area contributed by atoms with Crippen LogP contribution in [0.1, 0.15) is 49.7 Å². The van der Waals surface area contributed by atoms with Gasteiger partial charge in [0.25, 0.3) is 0 Å². The molecule has 0 saturated heterocycles. The second-order valence-electron chi connectivity index (χ2n) is 7.27. The molecule has 0 spiro atoms. The molecule has 3 nitrogen and oxygen atoms in total. The lowest BCUT2D eigenvalue weighted by Gasteiger charge is -2.29. The third-order valence-corrected chi connectivity index (χ3v) is 5.34. The summed E-state index contributed by atoms with van der Waals surface area (Å²) >= 11 is 0. The minimum atomic E-state index is 0. The third-order valence-electron chi connectivity index (χ3n) is 5.34. The van der Waals surface area contributed by atoms with E-state index in [1.165, 1.54) is 43.2 Å². The van der Waals surface area contributed by atoms with Crippen LogP contribution in [0.3, 0.4) is 0 Å². The smallest absolute Gasteiger partial charge is 0.123 e. The molecule has 1 saturated carbocycles. The topological polar surface area (TPSA) is 33.3 Å². The van der Waals surface area contributed by atoms with Crippen molar-refractivity contribution in [2.24, 2.45) is 0 Å². The Kier molecular flexibility index (Phi) is 12.2. The maximum atomic E-state index is 5.50. The van der Waals surface area contributed by atoms with Crippen molar-refractivity contribution in [2.75, 3.05) is 7.11 Å². The van der Waals surface area contributed by atoms with Crippen molar-refractivity contribution in [3.05, 3.63) is 65.7 Å². The largest absolute Gasteiger partial charge is 0.496 e. The minimum Gasteiger partial charge on any atom is -0.496 e. The zero-order chi connectivity index (χ0) is 18.0. The maximum absolute atomic E-state index is 5.50. The Morgan fingerprint density at radius 2 is 1.61 bits per heavy atom. The molecule has 28 heavy (non-hydrogen) atoms. The summed E-state index contributed by atoms with van der Waals surface area (Å²) in [7, 11) is 1.74. The van der Waals surface area contributed by atoms with Crippen LogP contribution in [0.25, 0.3) is 0 Å². The monoisotopic (exact) mass is 424 g/mol. The highest BCUT2D eigenvalue weighted by Gasteiger charge is 2.18. The lowest BCUT2D eigenvalue weighted by atomic mass is 9.95. The molecule has 1 aliphatic carbocycles. The fraction of sp³-hybridized carbons (Fsp3) is 0.478. The van der Waals surface area contributed by atoms with E-state index in [1.807, 2.05) is 12.1 Å². The van der Waals surface area contributed by atoms with E-state index < -0.39 is 0 Å². The van der Waals surface area contributed by atoms with Crippen LogP contribution in [-0.2, 0) is 13.0 Å². The van der Waals surface area contributed by atoms with E-state index in [2.05, 4.69) is 53.1 Å². The van der Waals surface area contributed by atoms with Gasteiger partial charge >= 0.3 is 0 Å². The predicted molar refractivity (Wildman–Crippen MR) is 123 cm³/mol. The Labute approximate surface area is 182 Å². The summed E-state index contributed by atoms with van der Waals surface area (Å²) in [6, 6.07) is 19.7. The molecule has 0 amide bonds. The number of hydrogen-bond acceptors (Lipinski definition) is 3. The molecule has 3 rings (SSSR count). The molecular weight excluding hydrogens is 391 g/mol. The highest BCUT2D eigenvalue weighted by molar-refractivity contribution is 5.85. The van der Waals surface area contributed by atoms with Crippen molar-refractivity contribution in [3.63, 3.8) is 0 Å². The molecule has 0 unspecified atom stereocenters. The van der Waals surface area contributed by atoms with Gasteiger partial charge in [0.2, 0.25) is 0 Å². The molecule has 0 bridgehead atoms. The fourth-order valence-electron chi connectivity index (χ4n) is 3.84. The van der Waals surface area contributed by atoms with Crippen LogP contribution in [0, 0.1) is 0 Å². The minimum absolute atomic E-state index is 0. The van der Waals surface area contributed by atoms with E-state index in [4.69, 9.17) is 4.74 Å². The molecular formula is C23H34Cl2N2O. The molecule has 0 radical (unpaired) electrons. The van der Waals surface area contributed by atoms with Crippen molar-refractivity contribution >= 4 is 24.8 Å². The first-order valence-electron chi connectivity index (χ1n) is 10.0. The quantitative estimate of drug-likeness (QED) is 0.520. The molecule has 2 aromatic carbocycles. The molecule has 5 heteroatoms. The molecule has 156 valence electrons. The van der Waals surface area contributed by atoms with Gasteiger partial charge in [-0.1, -0.05) is 67.8 Å². The molecule has 0 aliphatic heterocycles. The van der Waals surface area contributed by atoms with Gasteiger partial charge in [0.05, 0.1) is 13.3 Å². The molecule has 1 fully saturated rings.